The molecule has 3 aromatic rings. The van der Waals surface area contributed by atoms with Gasteiger partial charge in [0.25, 0.3) is 11.8 Å². The van der Waals surface area contributed by atoms with Gasteiger partial charge in [0.2, 0.25) is 15.6 Å². The molecule has 1 saturated heterocycles. The van der Waals surface area contributed by atoms with E-state index in [9.17, 15) is 22.8 Å². The van der Waals surface area contributed by atoms with E-state index in [4.69, 9.17) is 4.74 Å². The van der Waals surface area contributed by atoms with Crippen LogP contribution in [0.15, 0.2) is 58.2 Å². The van der Waals surface area contributed by atoms with Gasteiger partial charge in [-0.05, 0) is 24.3 Å². The number of nitrogens with one attached hydrogen (secondary N) is 2. The molecule has 11 heteroatoms. The van der Waals surface area contributed by atoms with Crippen molar-refractivity contribution in [1.82, 2.24) is 14.2 Å². The van der Waals surface area contributed by atoms with Crippen molar-refractivity contribution < 1.29 is 22.7 Å². The van der Waals surface area contributed by atoms with Gasteiger partial charge >= 0.3 is 0 Å². The van der Waals surface area contributed by atoms with Crippen LogP contribution < -0.4 is 15.6 Å². The molecule has 2 aliphatic rings. The van der Waals surface area contributed by atoms with E-state index in [-0.39, 0.29) is 60.6 Å². The number of hydrogen-bond donors (Lipinski definition) is 2. The monoisotopic (exact) mass is 468 g/mol. The van der Waals surface area contributed by atoms with Crippen LogP contribution >= 0.6 is 0 Å². The summed E-state index contributed by atoms with van der Waals surface area (Å²) in [5.41, 5.74) is 0.790. The lowest BCUT2D eigenvalue weighted by molar-refractivity contribution is -0.118. The van der Waals surface area contributed by atoms with Crippen LogP contribution in [0, 0.1) is 0 Å². The topological polar surface area (TPSA) is 129 Å². The third-order valence-corrected chi connectivity index (χ3v) is 7.62. The Hall–Kier alpha value is -3.70. The van der Waals surface area contributed by atoms with E-state index in [2.05, 4.69) is 10.3 Å². The second-order valence-corrected chi connectivity index (χ2v) is 9.72. The molecule has 33 heavy (non-hydrogen) atoms. The van der Waals surface area contributed by atoms with Crippen molar-refractivity contribution in [2.45, 2.75) is 4.90 Å². The zero-order chi connectivity index (χ0) is 23.2. The van der Waals surface area contributed by atoms with Crippen LogP contribution in [0.5, 0.6) is 5.75 Å². The highest BCUT2D eigenvalue weighted by Crippen LogP contribution is 2.31. The number of carbonyl (C=O) groups excluding carboxylic acids is 2. The molecular formula is C22H20N4O6S. The Morgan fingerprint density at radius 2 is 1.73 bits per heavy atom. The predicted molar refractivity (Wildman–Crippen MR) is 120 cm³/mol. The van der Waals surface area contributed by atoms with Gasteiger partial charge in [0.05, 0.1) is 16.1 Å². The van der Waals surface area contributed by atoms with E-state index in [0.29, 0.717) is 22.3 Å². The van der Waals surface area contributed by atoms with Crippen LogP contribution in [0.4, 0.5) is 5.69 Å². The first kappa shape index (κ1) is 21.2. The summed E-state index contributed by atoms with van der Waals surface area (Å²) in [5, 5.41) is 3.24. The fourth-order valence-electron chi connectivity index (χ4n) is 4.06. The number of anilines is 1. The van der Waals surface area contributed by atoms with Crippen molar-refractivity contribution >= 4 is 38.4 Å². The number of aromatic nitrogens is 1. The average molecular weight is 468 g/mol. The molecule has 2 N–H and O–H groups in total. The number of fused-ring (bicyclic) bond motifs is 2. The number of hydrogen-bond acceptors (Lipinski definition) is 6. The molecule has 0 spiro atoms. The van der Waals surface area contributed by atoms with Crippen molar-refractivity contribution in [1.29, 1.82) is 0 Å². The summed E-state index contributed by atoms with van der Waals surface area (Å²) >= 11 is 0. The lowest BCUT2D eigenvalue weighted by Crippen LogP contribution is -2.50. The zero-order valence-corrected chi connectivity index (χ0v) is 18.2. The summed E-state index contributed by atoms with van der Waals surface area (Å²) in [4.78, 5) is 41.0. The van der Waals surface area contributed by atoms with Gasteiger partial charge in [-0.15, -0.1) is 0 Å². The maximum atomic E-state index is 13.1. The lowest BCUT2D eigenvalue weighted by Gasteiger charge is -2.34. The van der Waals surface area contributed by atoms with Crippen molar-refractivity contribution in [2.24, 2.45) is 0 Å². The third kappa shape index (κ3) is 3.85. The molecule has 0 aliphatic carbocycles. The van der Waals surface area contributed by atoms with Crippen LogP contribution in [0.1, 0.15) is 10.4 Å². The summed E-state index contributed by atoms with van der Waals surface area (Å²) in [5.74, 6) is -0.256. The van der Waals surface area contributed by atoms with Gasteiger partial charge in [-0.2, -0.15) is 4.31 Å². The molecule has 0 saturated carbocycles. The first-order valence-corrected chi connectivity index (χ1v) is 11.8. The molecule has 170 valence electrons. The fourth-order valence-corrected chi connectivity index (χ4v) is 5.50. The SMILES string of the molecule is O=C1COc2ccc(S(=O)(=O)N3CCN(C(=O)c4cc(=O)[nH]c5ccccc45)CC3)cc2N1. The van der Waals surface area contributed by atoms with Gasteiger partial charge in [0.1, 0.15) is 5.75 Å². The van der Waals surface area contributed by atoms with Gasteiger partial charge in [0.15, 0.2) is 6.61 Å². The minimum Gasteiger partial charge on any atom is -0.482 e. The first-order valence-electron chi connectivity index (χ1n) is 10.3. The number of rotatable bonds is 3. The Labute approximate surface area is 188 Å². The summed E-state index contributed by atoms with van der Waals surface area (Å²) in [7, 11) is -3.83. The zero-order valence-electron chi connectivity index (χ0n) is 17.4. The molecule has 2 amide bonds. The molecule has 2 aromatic carbocycles. The summed E-state index contributed by atoms with van der Waals surface area (Å²) in [6.07, 6.45) is 0. The molecule has 3 heterocycles. The van der Waals surface area contributed by atoms with E-state index in [1.807, 2.05) is 0 Å². The van der Waals surface area contributed by atoms with E-state index in [1.54, 1.807) is 29.2 Å². The average Bonchev–Trinajstić information content (AvgIpc) is 2.82. The van der Waals surface area contributed by atoms with Gasteiger partial charge in [-0.1, -0.05) is 18.2 Å². The molecule has 5 rings (SSSR count). The van der Waals surface area contributed by atoms with Crippen LogP contribution in [0.2, 0.25) is 0 Å². The molecule has 10 nitrogen and oxygen atoms in total. The minimum atomic E-state index is -3.83. The quantitative estimate of drug-likeness (QED) is 0.590. The lowest BCUT2D eigenvalue weighted by atomic mass is 10.1. The van der Waals surface area contributed by atoms with Gasteiger partial charge in [-0.25, -0.2) is 8.42 Å². The number of amides is 2. The Kier molecular flexibility index (Phi) is 5.14. The predicted octanol–water partition coefficient (Wildman–Crippen LogP) is 1.01. The molecule has 1 fully saturated rings. The number of ether oxygens (including phenoxy) is 1. The highest BCUT2D eigenvalue weighted by Gasteiger charge is 2.32. The fraction of sp³-hybridized carbons (Fsp3) is 0.227. The van der Waals surface area contributed by atoms with Crippen LogP contribution in [0.25, 0.3) is 10.9 Å². The number of aromatic amines is 1. The van der Waals surface area contributed by atoms with E-state index in [0.717, 1.165) is 0 Å². The maximum absolute atomic E-state index is 13.1. The highest BCUT2D eigenvalue weighted by molar-refractivity contribution is 7.89. The Balaban J connectivity index is 1.34. The molecular weight excluding hydrogens is 448 g/mol. The maximum Gasteiger partial charge on any atom is 0.262 e. The van der Waals surface area contributed by atoms with Crippen LogP contribution in [-0.4, -0.2) is 67.2 Å². The Bertz CT molecular complexity index is 1440. The van der Waals surface area contributed by atoms with E-state index >= 15 is 0 Å². The van der Waals surface area contributed by atoms with Crippen molar-refractivity contribution in [3.8, 4) is 5.75 Å². The van der Waals surface area contributed by atoms with Crippen molar-refractivity contribution in [3.63, 3.8) is 0 Å². The number of para-hydroxylation sites is 1. The smallest absolute Gasteiger partial charge is 0.262 e. The third-order valence-electron chi connectivity index (χ3n) is 5.73. The summed E-state index contributed by atoms with van der Waals surface area (Å²) in [6.45, 7) is 0.468. The number of sulfonamides is 1. The normalized spacial score (nSPS) is 16.7. The number of pyridine rings is 1. The second kappa shape index (κ2) is 8.01. The van der Waals surface area contributed by atoms with Crippen LogP contribution in [0.3, 0.4) is 0 Å². The summed E-state index contributed by atoms with van der Waals surface area (Å²) < 4.78 is 32.9. The van der Waals surface area contributed by atoms with E-state index < -0.39 is 10.0 Å². The molecule has 1 aromatic heterocycles. The van der Waals surface area contributed by atoms with Gasteiger partial charge < -0.3 is 19.9 Å². The van der Waals surface area contributed by atoms with Crippen molar-refractivity contribution in [2.75, 3.05) is 38.1 Å². The Morgan fingerprint density at radius 3 is 2.52 bits per heavy atom. The second-order valence-electron chi connectivity index (χ2n) is 7.78. The number of H-pyrrole nitrogens is 1. The minimum absolute atomic E-state index is 0.0346. The summed E-state index contributed by atoms with van der Waals surface area (Å²) in [6, 6.07) is 12.6. The number of benzene rings is 2. The van der Waals surface area contributed by atoms with Crippen molar-refractivity contribution in [3.05, 3.63) is 64.4 Å². The molecule has 0 radical (unpaired) electrons. The molecule has 0 atom stereocenters. The number of nitrogens with zero attached hydrogens (tertiary/aromatic N) is 2. The molecule has 2 aliphatic heterocycles. The molecule has 0 unspecified atom stereocenters. The first-order chi connectivity index (χ1) is 15.8. The van der Waals surface area contributed by atoms with E-state index in [1.165, 1.54) is 28.6 Å². The van der Waals surface area contributed by atoms with Crippen LogP contribution in [-0.2, 0) is 14.8 Å². The van der Waals surface area contributed by atoms with Gasteiger partial charge in [0, 0.05) is 43.1 Å². The Morgan fingerprint density at radius 1 is 0.970 bits per heavy atom. The van der Waals surface area contributed by atoms with Gasteiger partial charge in [-0.3, -0.25) is 14.4 Å². The number of piperazine rings is 1. The highest BCUT2D eigenvalue weighted by atomic mass is 32.2. The standard InChI is InChI=1S/C22H20N4O6S/c27-20-12-16(15-3-1-2-4-17(15)23-20)22(29)25-7-9-26(10-8-25)33(30,31)14-5-6-19-18(11-14)24-21(28)13-32-19/h1-6,11-12H,7-10,13H2,(H,23,27)(H,24,28). The largest absolute Gasteiger partial charge is 0.482 e. The number of carbonyl (C=O) groups is 2. The molecule has 0 bridgehead atoms.